The summed E-state index contributed by atoms with van der Waals surface area (Å²) in [4.78, 5) is 0. The van der Waals surface area contributed by atoms with Crippen molar-refractivity contribution in [2.75, 3.05) is 6.61 Å². The summed E-state index contributed by atoms with van der Waals surface area (Å²) < 4.78 is 6.31. The van der Waals surface area contributed by atoms with Crippen molar-refractivity contribution in [3.05, 3.63) is 0 Å². The van der Waals surface area contributed by atoms with Gasteiger partial charge < -0.3 is 14.9 Å². The summed E-state index contributed by atoms with van der Waals surface area (Å²) in [6.45, 7) is 6.78. The van der Waals surface area contributed by atoms with E-state index in [9.17, 15) is 10.2 Å². The first-order valence-electron chi connectivity index (χ1n) is 7.32. The Kier molecular flexibility index (Phi) is 2.66. The second-order valence-electron chi connectivity index (χ2n) is 7.64. The molecule has 0 radical (unpaired) electrons. The molecule has 2 heterocycles. The van der Waals surface area contributed by atoms with Crippen LogP contribution in [0.5, 0.6) is 0 Å². The third kappa shape index (κ3) is 1.53. The van der Waals surface area contributed by atoms with E-state index in [0.717, 1.165) is 32.1 Å². The maximum atomic E-state index is 10.2. The Labute approximate surface area is 110 Å². The highest BCUT2D eigenvalue weighted by molar-refractivity contribution is 5.11. The highest BCUT2D eigenvalue weighted by Crippen LogP contribution is 2.62. The lowest BCUT2D eigenvalue weighted by atomic mass is 9.50. The van der Waals surface area contributed by atoms with Gasteiger partial charge in [-0.15, -0.1) is 0 Å². The summed E-state index contributed by atoms with van der Waals surface area (Å²) >= 11 is 0. The second-order valence-corrected chi connectivity index (χ2v) is 7.64. The normalized spacial score (nSPS) is 54.2. The van der Waals surface area contributed by atoms with E-state index >= 15 is 0 Å². The fourth-order valence-corrected chi connectivity index (χ4v) is 4.81. The van der Waals surface area contributed by atoms with Crippen LogP contribution < -0.4 is 0 Å². The number of hydrogen-bond acceptors (Lipinski definition) is 3. The maximum Gasteiger partial charge on any atom is 0.0952 e. The van der Waals surface area contributed by atoms with Crippen molar-refractivity contribution >= 4 is 0 Å². The van der Waals surface area contributed by atoms with Gasteiger partial charge in [0.25, 0.3) is 0 Å². The highest BCUT2D eigenvalue weighted by Gasteiger charge is 2.62. The number of aliphatic hydroxyl groups is 2. The third-order valence-electron chi connectivity index (χ3n) is 6.11. The van der Waals surface area contributed by atoms with Crippen LogP contribution in [0.25, 0.3) is 0 Å². The van der Waals surface area contributed by atoms with E-state index < -0.39 is 5.60 Å². The van der Waals surface area contributed by atoms with Crippen molar-refractivity contribution in [3.63, 3.8) is 0 Å². The Bertz CT molecular complexity index is 354. The largest absolute Gasteiger partial charge is 0.393 e. The van der Waals surface area contributed by atoms with Gasteiger partial charge in [0, 0.05) is 0 Å². The highest BCUT2D eigenvalue weighted by atomic mass is 16.5. The SMILES string of the molecule is CC1(C)C[C@H]2[C@H]1CC[C@]1(C)O[C@]2(CO)CC[C@H]1O. The summed E-state index contributed by atoms with van der Waals surface area (Å²) in [7, 11) is 0. The average Bonchev–Trinajstić information content (AvgIpc) is 2.39. The van der Waals surface area contributed by atoms with Crippen LogP contribution in [-0.4, -0.2) is 34.1 Å². The molecule has 0 amide bonds. The van der Waals surface area contributed by atoms with Crippen LogP contribution in [-0.2, 0) is 4.74 Å². The lowest BCUT2D eigenvalue weighted by Crippen LogP contribution is -2.62. The van der Waals surface area contributed by atoms with Crippen LogP contribution in [0.4, 0.5) is 0 Å². The molecule has 2 aliphatic heterocycles. The molecule has 1 aliphatic carbocycles. The minimum absolute atomic E-state index is 0.104. The molecule has 3 fully saturated rings. The first-order valence-corrected chi connectivity index (χ1v) is 7.32. The Balaban J connectivity index is 1.96. The molecular weight excluding hydrogens is 228 g/mol. The molecule has 0 aromatic heterocycles. The van der Waals surface area contributed by atoms with Crippen LogP contribution in [0, 0.1) is 17.3 Å². The molecule has 104 valence electrons. The van der Waals surface area contributed by atoms with E-state index in [2.05, 4.69) is 13.8 Å². The van der Waals surface area contributed by atoms with Gasteiger partial charge in [-0.2, -0.15) is 0 Å². The van der Waals surface area contributed by atoms with Crippen LogP contribution in [0.2, 0.25) is 0 Å². The van der Waals surface area contributed by atoms with Gasteiger partial charge >= 0.3 is 0 Å². The lowest BCUT2D eigenvalue weighted by molar-refractivity contribution is -0.271. The van der Waals surface area contributed by atoms with Crippen molar-refractivity contribution in [1.29, 1.82) is 0 Å². The molecule has 1 saturated carbocycles. The van der Waals surface area contributed by atoms with Gasteiger partial charge in [0.05, 0.1) is 23.9 Å². The van der Waals surface area contributed by atoms with Crippen molar-refractivity contribution in [3.8, 4) is 0 Å². The molecule has 3 nitrogen and oxygen atoms in total. The van der Waals surface area contributed by atoms with E-state index in [4.69, 9.17) is 4.74 Å². The molecule has 5 atom stereocenters. The lowest BCUT2D eigenvalue weighted by Gasteiger charge is -2.59. The quantitative estimate of drug-likeness (QED) is 0.753. The average molecular weight is 254 g/mol. The molecule has 3 aliphatic rings. The Morgan fingerprint density at radius 2 is 1.83 bits per heavy atom. The first-order chi connectivity index (χ1) is 8.33. The molecule has 2 N–H and O–H groups in total. The van der Waals surface area contributed by atoms with Crippen molar-refractivity contribution in [2.24, 2.45) is 17.3 Å². The molecular formula is C15H26O3. The number of ether oxygens (including phenoxy) is 1. The fraction of sp³-hybridized carbons (Fsp3) is 1.00. The summed E-state index contributed by atoms with van der Waals surface area (Å²) in [6.07, 6.45) is 4.37. The van der Waals surface area contributed by atoms with Crippen molar-refractivity contribution < 1.29 is 14.9 Å². The molecule has 3 heteroatoms. The third-order valence-corrected chi connectivity index (χ3v) is 6.11. The number of aliphatic hydroxyl groups excluding tert-OH is 2. The Morgan fingerprint density at radius 3 is 2.44 bits per heavy atom. The van der Waals surface area contributed by atoms with Gasteiger partial charge in [-0.1, -0.05) is 13.8 Å². The molecule has 0 spiro atoms. The van der Waals surface area contributed by atoms with Gasteiger partial charge in [-0.25, -0.2) is 0 Å². The van der Waals surface area contributed by atoms with Gasteiger partial charge in [0.15, 0.2) is 0 Å². The Hall–Kier alpha value is -0.120. The van der Waals surface area contributed by atoms with Gasteiger partial charge in [-0.05, 0) is 56.3 Å². The molecule has 18 heavy (non-hydrogen) atoms. The van der Waals surface area contributed by atoms with Gasteiger partial charge in [0.2, 0.25) is 0 Å². The predicted octanol–water partition coefficient (Wildman–Crippen LogP) is 2.10. The van der Waals surface area contributed by atoms with Crippen LogP contribution >= 0.6 is 0 Å². The smallest absolute Gasteiger partial charge is 0.0952 e. The number of rotatable bonds is 1. The summed E-state index contributed by atoms with van der Waals surface area (Å²) in [5, 5.41) is 20.1. The van der Waals surface area contributed by atoms with Crippen molar-refractivity contribution in [1.82, 2.24) is 0 Å². The predicted molar refractivity (Wildman–Crippen MR) is 69.2 cm³/mol. The topological polar surface area (TPSA) is 49.7 Å². The zero-order valence-corrected chi connectivity index (χ0v) is 11.8. The summed E-state index contributed by atoms with van der Waals surface area (Å²) in [6, 6.07) is 0. The zero-order valence-electron chi connectivity index (χ0n) is 11.8. The van der Waals surface area contributed by atoms with Crippen LogP contribution in [0.15, 0.2) is 0 Å². The number of hydrogen-bond donors (Lipinski definition) is 2. The van der Waals surface area contributed by atoms with E-state index in [1.807, 2.05) is 6.92 Å². The maximum absolute atomic E-state index is 10.2. The molecule has 3 rings (SSSR count). The zero-order chi connectivity index (χ0) is 13.2. The minimum atomic E-state index is -0.450. The second kappa shape index (κ2) is 3.71. The minimum Gasteiger partial charge on any atom is -0.393 e. The fourth-order valence-electron chi connectivity index (χ4n) is 4.81. The van der Waals surface area contributed by atoms with Gasteiger partial charge in [-0.3, -0.25) is 0 Å². The van der Waals surface area contributed by atoms with Crippen molar-refractivity contribution in [2.45, 2.75) is 70.2 Å². The molecule has 0 unspecified atom stereocenters. The molecule has 2 bridgehead atoms. The van der Waals surface area contributed by atoms with E-state index in [-0.39, 0.29) is 18.3 Å². The van der Waals surface area contributed by atoms with Crippen LogP contribution in [0.1, 0.15) is 52.9 Å². The van der Waals surface area contributed by atoms with Crippen LogP contribution in [0.3, 0.4) is 0 Å². The molecule has 0 aromatic rings. The summed E-state index contributed by atoms with van der Waals surface area (Å²) in [5.74, 6) is 1.11. The Morgan fingerprint density at radius 1 is 1.11 bits per heavy atom. The molecule has 0 aromatic carbocycles. The molecule has 2 saturated heterocycles. The monoisotopic (exact) mass is 254 g/mol. The summed E-state index contributed by atoms with van der Waals surface area (Å²) in [5.41, 5.74) is -0.464. The van der Waals surface area contributed by atoms with E-state index in [0.29, 0.717) is 17.3 Å². The van der Waals surface area contributed by atoms with E-state index in [1.54, 1.807) is 0 Å². The van der Waals surface area contributed by atoms with E-state index in [1.165, 1.54) is 0 Å². The standard InChI is InChI=1S/C15H26O3/c1-13(2)8-11-10(13)4-6-14(3)12(17)5-7-15(11,9-16)18-14/h10-12,16-17H,4-9H2,1-3H3/t10-,11+,12-,14+,15+/m1/s1. The number of fused-ring (bicyclic) bond motifs is 4. The first kappa shape index (κ1) is 12.9. The van der Waals surface area contributed by atoms with Gasteiger partial charge in [0.1, 0.15) is 0 Å².